The molecule has 3 N–H and O–H groups in total. The molecule has 2 rings (SSSR count). The molecule has 0 aliphatic heterocycles. The van der Waals surface area contributed by atoms with Gasteiger partial charge < -0.3 is 11.1 Å². The number of rotatable bonds is 3. The van der Waals surface area contributed by atoms with Gasteiger partial charge in [-0.2, -0.15) is 0 Å². The summed E-state index contributed by atoms with van der Waals surface area (Å²) < 4.78 is 0. The molecular weight excluding hydrogens is 172 g/mol. The summed E-state index contributed by atoms with van der Waals surface area (Å²) in [5.74, 6) is 0.684. The maximum absolute atomic E-state index is 5.73. The smallest absolute Gasteiger partial charge is 0.0398 e. The maximum atomic E-state index is 5.73. The lowest BCUT2D eigenvalue weighted by molar-refractivity contribution is 0.512. The van der Waals surface area contributed by atoms with Gasteiger partial charge in [0.05, 0.1) is 0 Å². The van der Waals surface area contributed by atoms with Gasteiger partial charge in [-0.25, -0.2) is 0 Å². The summed E-state index contributed by atoms with van der Waals surface area (Å²) in [6.07, 6.45) is 2.55. The largest absolute Gasteiger partial charge is 0.399 e. The van der Waals surface area contributed by atoms with E-state index in [1.807, 2.05) is 18.2 Å². The minimum Gasteiger partial charge on any atom is -0.399 e. The average Bonchev–Trinajstić information content (AvgIpc) is 2.85. The molecule has 0 amide bonds. The average molecular weight is 190 g/mol. The van der Waals surface area contributed by atoms with Crippen molar-refractivity contribution in [2.45, 2.75) is 32.2 Å². The predicted molar refractivity (Wildman–Crippen MR) is 61.3 cm³/mol. The topological polar surface area (TPSA) is 38.0 Å². The van der Waals surface area contributed by atoms with Crippen LogP contribution in [0.3, 0.4) is 0 Å². The molecule has 0 spiro atoms. The molecule has 1 aromatic carbocycles. The molecule has 76 valence electrons. The van der Waals surface area contributed by atoms with Gasteiger partial charge in [-0.15, -0.1) is 0 Å². The SMILES string of the molecule is CC(C)C1(Nc2cccc(N)c2)CC1. The van der Waals surface area contributed by atoms with Crippen LogP contribution in [0.1, 0.15) is 26.7 Å². The van der Waals surface area contributed by atoms with Crippen LogP contribution in [0, 0.1) is 5.92 Å². The zero-order valence-electron chi connectivity index (χ0n) is 8.88. The fraction of sp³-hybridized carbons (Fsp3) is 0.500. The molecular formula is C12H18N2. The summed E-state index contributed by atoms with van der Waals surface area (Å²) >= 11 is 0. The van der Waals surface area contributed by atoms with Crippen molar-refractivity contribution in [2.75, 3.05) is 11.1 Å². The summed E-state index contributed by atoms with van der Waals surface area (Å²) in [6.45, 7) is 4.54. The molecule has 2 heteroatoms. The van der Waals surface area contributed by atoms with Gasteiger partial charge in [0.15, 0.2) is 0 Å². The molecule has 1 aromatic rings. The third kappa shape index (κ3) is 1.69. The number of hydrogen-bond acceptors (Lipinski definition) is 2. The zero-order chi connectivity index (χ0) is 10.2. The molecule has 1 aliphatic rings. The van der Waals surface area contributed by atoms with Crippen LogP contribution in [0.25, 0.3) is 0 Å². The number of anilines is 2. The van der Waals surface area contributed by atoms with E-state index in [2.05, 4.69) is 25.2 Å². The Morgan fingerprint density at radius 1 is 1.36 bits per heavy atom. The summed E-state index contributed by atoms with van der Waals surface area (Å²) in [5, 5.41) is 3.59. The van der Waals surface area contributed by atoms with Crippen molar-refractivity contribution >= 4 is 11.4 Å². The van der Waals surface area contributed by atoms with Gasteiger partial charge in [0, 0.05) is 16.9 Å². The minimum absolute atomic E-state index is 0.341. The Hall–Kier alpha value is -1.18. The Bertz CT molecular complexity index is 327. The van der Waals surface area contributed by atoms with Gasteiger partial charge in [0.25, 0.3) is 0 Å². The van der Waals surface area contributed by atoms with E-state index in [9.17, 15) is 0 Å². The van der Waals surface area contributed by atoms with Crippen molar-refractivity contribution < 1.29 is 0 Å². The third-order valence-electron chi connectivity index (χ3n) is 3.17. The first-order valence-corrected chi connectivity index (χ1v) is 5.26. The lowest BCUT2D eigenvalue weighted by Gasteiger charge is -2.22. The maximum Gasteiger partial charge on any atom is 0.0398 e. The van der Waals surface area contributed by atoms with E-state index >= 15 is 0 Å². The second-order valence-electron chi connectivity index (χ2n) is 4.56. The van der Waals surface area contributed by atoms with E-state index in [1.165, 1.54) is 12.8 Å². The Morgan fingerprint density at radius 2 is 2.07 bits per heavy atom. The van der Waals surface area contributed by atoms with E-state index in [0.717, 1.165) is 11.4 Å². The van der Waals surface area contributed by atoms with Crippen molar-refractivity contribution in [3.63, 3.8) is 0 Å². The first-order valence-electron chi connectivity index (χ1n) is 5.26. The summed E-state index contributed by atoms with van der Waals surface area (Å²) in [6, 6.07) is 8.00. The normalized spacial score (nSPS) is 18.2. The number of hydrogen-bond donors (Lipinski definition) is 2. The molecule has 2 nitrogen and oxygen atoms in total. The third-order valence-corrected chi connectivity index (χ3v) is 3.17. The lowest BCUT2D eigenvalue weighted by atomic mass is 10.0. The van der Waals surface area contributed by atoms with Crippen molar-refractivity contribution in [2.24, 2.45) is 5.92 Å². The minimum atomic E-state index is 0.341. The highest BCUT2D eigenvalue weighted by molar-refractivity contribution is 5.56. The molecule has 0 heterocycles. The Kier molecular flexibility index (Phi) is 2.14. The van der Waals surface area contributed by atoms with Crippen LogP contribution in [0.5, 0.6) is 0 Å². The molecule has 1 saturated carbocycles. The van der Waals surface area contributed by atoms with Crippen LogP contribution in [-0.4, -0.2) is 5.54 Å². The van der Waals surface area contributed by atoms with Crippen LogP contribution in [0.2, 0.25) is 0 Å². The van der Waals surface area contributed by atoms with Crippen LogP contribution in [0.4, 0.5) is 11.4 Å². The quantitative estimate of drug-likeness (QED) is 0.719. The summed E-state index contributed by atoms with van der Waals surface area (Å²) in [4.78, 5) is 0. The number of nitrogens with one attached hydrogen (secondary N) is 1. The molecule has 0 unspecified atom stereocenters. The summed E-state index contributed by atoms with van der Waals surface area (Å²) in [5.41, 5.74) is 8.05. The highest BCUT2D eigenvalue weighted by Crippen LogP contribution is 2.45. The zero-order valence-corrected chi connectivity index (χ0v) is 8.88. The fourth-order valence-corrected chi connectivity index (χ4v) is 1.89. The van der Waals surface area contributed by atoms with E-state index in [4.69, 9.17) is 5.73 Å². The standard InChI is InChI=1S/C12H18N2/c1-9(2)12(6-7-12)14-11-5-3-4-10(13)8-11/h3-5,8-9,14H,6-7,13H2,1-2H3. The first kappa shape index (κ1) is 9.38. The second kappa shape index (κ2) is 3.19. The van der Waals surface area contributed by atoms with Crippen LogP contribution in [0.15, 0.2) is 24.3 Å². The van der Waals surface area contributed by atoms with Crippen LogP contribution < -0.4 is 11.1 Å². The molecule has 0 aromatic heterocycles. The molecule has 1 aliphatic carbocycles. The number of nitrogen functional groups attached to an aromatic ring is 1. The van der Waals surface area contributed by atoms with E-state index in [0.29, 0.717) is 11.5 Å². The molecule has 0 bridgehead atoms. The van der Waals surface area contributed by atoms with Crippen LogP contribution in [-0.2, 0) is 0 Å². The Labute approximate surface area is 85.5 Å². The van der Waals surface area contributed by atoms with E-state index < -0.39 is 0 Å². The Morgan fingerprint density at radius 3 is 2.57 bits per heavy atom. The highest BCUT2D eigenvalue weighted by Gasteiger charge is 2.45. The highest BCUT2D eigenvalue weighted by atomic mass is 15.0. The fourth-order valence-electron chi connectivity index (χ4n) is 1.89. The number of benzene rings is 1. The summed E-state index contributed by atoms with van der Waals surface area (Å²) in [7, 11) is 0. The van der Waals surface area contributed by atoms with E-state index in [-0.39, 0.29) is 0 Å². The van der Waals surface area contributed by atoms with Crippen molar-refractivity contribution in [3.8, 4) is 0 Å². The monoisotopic (exact) mass is 190 g/mol. The van der Waals surface area contributed by atoms with Crippen molar-refractivity contribution in [3.05, 3.63) is 24.3 Å². The molecule has 0 atom stereocenters. The predicted octanol–water partition coefficient (Wildman–Crippen LogP) is 2.87. The van der Waals surface area contributed by atoms with Crippen LogP contribution >= 0.6 is 0 Å². The molecule has 0 radical (unpaired) electrons. The molecule has 1 fully saturated rings. The van der Waals surface area contributed by atoms with Crippen molar-refractivity contribution in [1.82, 2.24) is 0 Å². The van der Waals surface area contributed by atoms with Gasteiger partial charge in [-0.05, 0) is 37.0 Å². The van der Waals surface area contributed by atoms with Gasteiger partial charge in [-0.3, -0.25) is 0 Å². The first-order chi connectivity index (χ1) is 6.62. The molecule has 0 saturated heterocycles. The van der Waals surface area contributed by atoms with E-state index in [1.54, 1.807) is 0 Å². The van der Waals surface area contributed by atoms with Gasteiger partial charge in [0.1, 0.15) is 0 Å². The lowest BCUT2D eigenvalue weighted by Crippen LogP contribution is -2.27. The van der Waals surface area contributed by atoms with Crippen molar-refractivity contribution in [1.29, 1.82) is 0 Å². The Balaban J connectivity index is 2.11. The van der Waals surface area contributed by atoms with Gasteiger partial charge in [0.2, 0.25) is 0 Å². The van der Waals surface area contributed by atoms with Gasteiger partial charge >= 0.3 is 0 Å². The second-order valence-corrected chi connectivity index (χ2v) is 4.56. The number of nitrogens with two attached hydrogens (primary N) is 1. The molecule has 14 heavy (non-hydrogen) atoms. The van der Waals surface area contributed by atoms with Gasteiger partial charge in [-0.1, -0.05) is 19.9 Å².